The number of hydrogen-bond acceptors (Lipinski definition) is 5. The third-order valence-corrected chi connectivity index (χ3v) is 4.31. The predicted octanol–water partition coefficient (Wildman–Crippen LogP) is 3.75. The Labute approximate surface area is 158 Å². The van der Waals surface area contributed by atoms with E-state index in [9.17, 15) is 22.8 Å². The highest BCUT2D eigenvalue weighted by molar-refractivity contribution is 8.00. The fraction of sp³-hybridized carbons (Fsp3) is 0.412. The molecule has 6 nitrogen and oxygen atoms in total. The number of alkyl halides is 3. The number of para-hydroxylation sites is 1. The van der Waals surface area contributed by atoms with Gasteiger partial charge in [0.15, 0.2) is 0 Å². The third-order valence-electron chi connectivity index (χ3n) is 3.20. The average molecular weight is 400 g/mol. The molecule has 0 saturated carbocycles. The van der Waals surface area contributed by atoms with Gasteiger partial charge in [0.1, 0.15) is 5.03 Å². The number of carbonyl (C=O) groups excluding carboxylic acids is 2. The number of carbonyl (C=O) groups is 2. The van der Waals surface area contributed by atoms with Crippen molar-refractivity contribution in [3.63, 3.8) is 0 Å². The summed E-state index contributed by atoms with van der Waals surface area (Å²) in [6.45, 7) is 6.73. The van der Waals surface area contributed by atoms with Crippen LogP contribution in [0, 0.1) is 0 Å². The number of benzene rings is 1. The molecule has 0 saturated heterocycles. The smallest absolute Gasteiger partial charge is 0.333 e. The Morgan fingerprint density at radius 3 is 2.33 bits per heavy atom. The summed E-state index contributed by atoms with van der Waals surface area (Å²) < 4.78 is 39.2. The van der Waals surface area contributed by atoms with E-state index in [0.717, 1.165) is 11.8 Å². The number of thioether (sulfide) groups is 1. The quantitative estimate of drug-likeness (QED) is 0.606. The van der Waals surface area contributed by atoms with Crippen molar-refractivity contribution in [2.24, 2.45) is 0 Å². The molecule has 0 fully saturated rings. The monoisotopic (exact) mass is 400 g/mol. The lowest BCUT2D eigenvalue weighted by Crippen LogP contribution is -2.49. The van der Waals surface area contributed by atoms with Gasteiger partial charge < -0.3 is 5.32 Å². The molecule has 1 atom stereocenters. The first-order valence-electron chi connectivity index (χ1n) is 8.00. The summed E-state index contributed by atoms with van der Waals surface area (Å²) in [6.07, 6.45) is -4.71. The van der Waals surface area contributed by atoms with Crippen LogP contribution < -0.4 is 10.6 Å². The Bertz CT molecular complexity index is 865. The molecule has 146 valence electrons. The van der Waals surface area contributed by atoms with E-state index in [2.05, 4.69) is 20.6 Å². The molecule has 27 heavy (non-hydrogen) atoms. The highest BCUT2D eigenvalue weighted by atomic mass is 32.2. The number of imide groups is 1. The van der Waals surface area contributed by atoms with E-state index in [1.807, 2.05) is 0 Å². The van der Waals surface area contributed by atoms with Crippen LogP contribution in [0.5, 0.6) is 0 Å². The molecule has 2 N–H and O–H groups in total. The number of nitrogens with zero attached hydrogens (tertiary/aromatic N) is 2. The van der Waals surface area contributed by atoms with Gasteiger partial charge in [0.05, 0.1) is 10.8 Å². The predicted molar refractivity (Wildman–Crippen MR) is 96.3 cm³/mol. The van der Waals surface area contributed by atoms with E-state index in [-0.39, 0.29) is 10.5 Å². The molecule has 0 radical (unpaired) electrons. The van der Waals surface area contributed by atoms with Crippen molar-refractivity contribution in [2.75, 3.05) is 0 Å². The molecule has 2 aromatic rings. The van der Waals surface area contributed by atoms with Gasteiger partial charge in [-0.1, -0.05) is 30.0 Å². The fourth-order valence-corrected chi connectivity index (χ4v) is 3.01. The summed E-state index contributed by atoms with van der Waals surface area (Å²) in [5.41, 5.74) is -0.411. The summed E-state index contributed by atoms with van der Waals surface area (Å²) >= 11 is 0.828. The average Bonchev–Trinajstić information content (AvgIpc) is 2.51. The second-order valence-corrected chi connectivity index (χ2v) is 8.15. The largest absolute Gasteiger partial charge is 0.451 e. The van der Waals surface area contributed by atoms with Gasteiger partial charge in [-0.3, -0.25) is 10.1 Å². The maximum atomic E-state index is 13.1. The number of urea groups is 1. The minimum Gasteiger partial charge on any atom is -0.333 e. The zero-order valence-corrected chi connectivity index (χ0v) is 16.0. The van der Waals surface area contributed by atoms with Gasteiger partial charge >= 0.3 is 12.2 Å². The lowest BCUT2D eigenvalue weighted by molar-refractivity contribution is -0.145. The first-order valence-corrected chi connectivity index (χ1v) is 8.88. The van der Waals surface area contributed by atoms with Gasteiger partial charge in [-0.25, -0.2) is 14.8 Å². The number of halogens is 3. The van der Waals surface area contributed by atoms with Crippen molar-refractivity contribution in [3.05, 3.63) is 30.1 Å². The number of rotatable bonds is 3. The van der Waals surface area contributed by atoms with E-state index in [0.29, 0.717) is 5.39 Å². The second-order valence-electron chi connectivity index (χ2n) is 6.82. The van der Waals surface area contributed by atoms with Gasteiger partial charge in [0.25, 0.3) is 0 Å². The van der Waals surface area contributed by atoms with Crippen molar-refractivity contribution in [1.29, 1.82) is 0 Å². The number of amides is 3. The van der Waals surface area contributed by atoms with E-state index < -0.39 is 34.7 Å². The first kappa shape index (κ1) is 20.9. The van der Waals surface area contributed by atoms with Crippen molar-refractivity contribution in [1.82, 2.24) is 20.6 Å². The van der Waals surface area contributed by atoms with Crippen LogP contribution in [0.2, 0.25) is 0 Å². The minimum atomic E-state index is -4.71. The van der Waals surface area contributed by atoms with Gasteiger partial charge in [0, 0.05) is 10.9 Å². The van der Waals surface area contributed by atoms with Crippen molar-refractivity contribution >= 4 is 34.6 Å². The standard InChI is InChI=1S/C17H19F3N4O2S/c1-9(12(25)22-15(26)24-16(2,3)4)27-13-10-7-5-6-8-11(10)21-14(23-13)17(18,19)20/h5-9H,1-4H3,(H2,22,24,25,26)/t9-/m1/s1. The molecule has 1 heterocycles. The van der Waals surface area contributed by atoms with Crippen LogP contribution in [0.25, 0.3) is 10.9 Å². The topological polar surface area (TPSA) is 84.0 Å². The maximum absolute atomic E-state index is 13.1. The maximum Gasteiger partial charge on any atom is 0.451 e. The molecule has 0 bridgehead atoms. The van der Waals surface area contributed by atoms with E-state index in [4.69, 9.17) is 0 Å². The molecule has 0 unspecified atom stereocenters. The molecule has 0 aliphatic rings. The highest BCUT2D eigenvalue weighted by Crippen LogP contribution is 2.33. The lowest BCUT2D eigenvalue weighted by Gasteiger charge is -2.21. The van der Waals surface area contributed by atoms with Crippen LogP contribution in [-0.4, -0.2) is 32.7 Å². The SMILES string of the molecule is C[C@@H](Sc1nc(C(F)(F)F)nc2ccccc12)C(=O)NC(=O)NC(C)(C)C. The Hall–Kier alpha value is -2.36. The molecule has 10 heteroatoms. The van der Waals surface area contributed by atoms with Crippen molar-refractivity contribution in [3.8, 4) is 0 Å². The van der Waals surface area contributed by atoms with Gasteiger partial charge in [-0.05, 0) is 33.8 Å². The Balaban J connectivity index is 2.24. The Morgan fingerprint density at radius 1 is 1.11 bits per heavy atom. The lowest BCUT2D eigenvalue weighted by atomic mass is 10.1. The van der Waals surface area contributed by atoms with Gasteiger partial charge in [-0.2, -0.15) is 13.2 Å². The highest BCUT2D eigenvalue weighted by Gasteiger charge is 2.36. The number of nitrogens with one attached hydrogen (secondary N) is 2. The van der Waals surface area contributed by atoms with Crippen molar-refractivity contribution in [2.45, 2.75) is 49.7 Å². The van der Waals surface area contributed by atoms with E-state index in [1.165, 1.54) is 13.0 Å². The molecule has 1 aromatic carbocycles. The zero-order chi connectivity index (χ0) is 20.4. The summed E-state index contributed by atoms with van der Waals surface area (Å²) in [5, 5.41) is 4.31. The fourth-order valence-electron chi connectivity index (χ4n) is 2.07. The summed E-state index contributed by atoms with van der Waals surface area (Å²) in [5.74, 6) is -1.92. The molecule has 1 aromatic heterocycles. The second kappa shape index (κ2) is 7.71. The van der Waals surface area contributed by atoms with Crippen LogP contribution >= 0.6 is 11.8 Å². The normalized spacial score (nSPS) is 13.3. The number of fused-ring (bicyclic) bond motifs is 1. The van der Waals surface area contributed by atoms with Crippen LogP contribution in [0.3, 0.4) is 0 Å². The summed E-state index contributed by atoms with van der Waals surface area (Å²) in [7, 11) is 0. The summed E-state index contributed by atoms with van der Waals surface area (Å²) in [4.78, 5) is 31.1. The minimum absolute atomic E-state index is 0.0202. The summed E-state index contributed by atoms with van der Waals surface area (Å²) in [6, 6.07) is 5.55. The first-order chi connectivity index (χ1) is 12.4. The zero-order valence-electron chi connectivity index (χ0n) is 15.1. The molecular weight excluding hydrogens is 381 g/mol. The molecule has 0 aliphatic carbocycles. The van der Waals surface area contributed by atoms with Crippen LogP contribution in [0.4, 0.5) is 18.0 Å². The van der Waals surface area contributed by atoms with E-state index in [1.54, 1.807) is 39.0 Å². The Kier molecular flexibility index (Phi) is 5.98. The van der Waals surface area contributed by atoms with Crippen LogP contribution in [0.1, 0.15) is 33.5 Å². The van der Waals surface area contributed by atoms with Crippen LogP contribution in [-0.2, 0) is 11.0 Å². The van der Waals surface area contributed by atoms with Crippen LogP contribution in [0.15, 0.2) is 29.3 Å². The van der Waals surface area contributed by atoms with E-state index >= 15 is 0 Å². The molecule has 3 amide bonds. The molecule has 2 rings (SSSR count). The Morgan fingerprint density at radius 2 is 1.74 bits per heavy atom. The molecule has 0 spiro atoms. The molecule has 0 aliphatic heterocycles. The number of hydrogen-bond donors (Lipinski definition) is 2. The molecular formula is C17H19F3N4O2S. The number of aromatic nitrogens is 2. The van der Waals surface area contributed by atoms with Gasteiger partial charge in [0.2, 0.25) is 11.7 Å². The van der Waals surface area contributed by atoms with Gasteiger partial charge in [-0.15, -0.1) is 0 Å². The van der Waals surface area contributed by atoms with Crippen molar-refractivity contribution < 1.29 is 22.8 Å². The third kappa shape index (κ3) is 5.81.